The van der Waals surface area contributed by atoms with Gasteiger partial charge in [-0.15, -0.1) is 0 Å². The number of anilines is 1. The Morgan fingerprint density at radius 1 is 0.933 bits per heavy atom. The van der Waals surface area contributed by atoms with Gasteiger partial charge in [0.25, 0.3) is 5.91 Å². The predicted octanol–water partition coefficient (Wildman–Crippen LogP) is 5.57. The molecule has 0 unspecified atom stereocenters. The summed E-state index contributed by atoms with van der Waals surface area (Å²) in [4.78, 5) is 15.9. The normalized spacial score (nSPS) is 11.6. The standard InChI is InChI=1S/C21H12F5N3O/c22-12-5-10-16(23)15(11-12)19(30)27-13-6-8-14(9-7-13)29-18-4-2-1-3-17(18)28-20(29)21(24,25)26/h1-11H,(H,27,30). The lowest BCUT2D eigenvalue weighted by Crippen LogP contribution is -2.15. The lowest BCUT2D eigenvalue weighted by atomic mass is 10.2. The van der Waals surface area contributed by atoms with Gasteiger partial charge in [0.1, 0.15) is 11.6 Å². The third-order valence-corrected chi connectivity index (χ3v) is 4.37. The molecule has 0 radical (unpaired) electrons. The van der Waals surface area contributed by atoms with Crippen LogP contribution in [0.5, 0.6) is 0 Å². The van der Waals surface area contributed by atoms with Crippen LogP contribution in [0.2, 0.25) is 0 Å². The fourth-order valence-electron chi connectivity index (χ4n) is 3.04. The maximum Gasteiger partial charge on any atom is 0.450 e. The van der Waals surface area contributed by atoms with Gasteiger partial charge in [-0.2, -0.15) is 13.2 Å². The molecule has 0 atom stereocenters. The summed E-state index contributed by atoms with van der Waals surface area (Å²) >= 11 is 0. The van der Waals surface area contributed by atoms with Crippen LogP contribution < -0.4 is 5.32 Å². The molecule has 9 heteroatoms. The van der Waals surface area contributed by atoms with Crippen molar-refractivity contribution in [2.75, 3.05) is 5.32 Å². The number of para-hydroxylation sites is 2. The summed E-state index contributed by atoms with van der Waals surface area (Å²) in [6.45, 7) is 0. The quantitative estimate of drug-likeness (QED) is 0.443. The number of aromatic nitrogens is 2. The molecule has 152 valence electrons. The Kier molecular flexibility index (Phi) is 4.73. The monoisotopic (exact) mass is 417 g/mol. The molecule has 1 N–H and O–H groups in total. The van der Waals surface area contributed by atoms with Gasteiger partial charge in [-0.05, 0) is 54.6 Å². The number of amides is 1. The van der Waals surface area contributed by atoms with E-state index in [-0.39, 0.29) is 22.4 Å². The molecule has 0 aliphatic rings. The van der Waals surface area contributed by atoms with Gasteiger partial charge in [0.2, 0.25) is 5.82 Å². The van der Waals surface area contributed by atoms with E-state index < -0.39 is 35.1 Å². The molecule has 3 aromatic carbocycles. The van der Waals surface area contributed by atoms with Crippen LogP contribution in [0.3, 0.4) is 0 Å². The van der Waals surface area contributed by atoms with Crippen LogP contribution in [0, 0.1) is 11.6 Å². The zero-order valence-electron chi connectivity index (χ0n) is 15.0. The van der Waals surface area contributed by atoms with Gasteiger partial charge in [-0.1, -0.05) is 12.1 Å². The van der Waals surface area contributed by atoms with Crippen molar-refractivity contribution >= 4 is 22.6 Å². The third kappa shape index (κ3) is 3.61. The van der Waals surface area contributed by atoms with Gasteiger partial charge in [0.05, 0.1) is 16.6 Å². The molecule has 0 saturated heterocycles. The van der Waals surface area contributed by atoms with Crippen molar-refractivity contribution in [2.24, 2.45) is 0 Å². The minimum Gasteiger partial charge on any atom is -0.322 e. The average Bonchev–Trinajstić information content (AvgIpc) is 3.10. The van der Waals surface area contributed by atoms with Crippen LogP contribution in [0.4, 0.5) is 27.6 Å². The van der Waals surface area contributed by atoms with Gasteiger partial charge in [0, 0.05) is 11.4 Å². The summed E-state index contributed by atoms with van der Waals surface area (Å²) in [5.74, 6) is -3.64. The van der Waals surface area contributed by atoms with Crippen molar-refractivity contribution in [2.45, 2.75) is 6.18 Å². The van der Waals surface area contributed by atoms with Crippen LogP contribution in [0.1, 0.15) is 16.2 Å². The number of hydrogen-bond acceptors (Lipinski definition) is 2. The number of benzene rings is 3. The lowest BCUT2D eigenvalue weighted by Gasteiger charge is -2.12. The van der Waals surface area contributed by atoms with Gasteiger partial charge >= 0.3 is 6.18 Å². The van der Waals surface area contributed by atoms with Crippen molar-refractivity contribution in [3.05, 3.63) is 89.8 Å². The molecule has 4 rings (SSSR count). The number of nitrogens with one attached hydrogen (secondary N) is 1. The van der Waals surface area contributed by atoms with Gasteiger partial charge < -0.3 is 5.32 Å². The topological polar surface area (TPSA) is 46.9 Å². The van der Waals surface area contributed by atoms with Gasteiger partial charge in [-0.3, -0.25) is 9.36 Å². The Hall–Kier alpha value is -3.75. The minimum atomic E-state index is -4.68. The van der Waals surface area contributed by atoms with Crippen LogP contribution in [0.25, 0.3) is 16.7 Å². The zero-order chi connectivity index (χ0) is 21.5. The highest BCUT2D eigenvalue weighted by atomic mass is 19.4. The Morgan fingerprint density at radius 2 is 1.63 bits per heavy atom. The molecule has 1 aromatic heterocycles. The first-order chi connectivity index (χ1) is 14.2. The van der Waals surface area contributed by atoms with Crippen molar-refractivity contribution in [1.82, 2.24) is 9.55 Å². The Labute approximate surface area is 166 Å². The molecular weight excluding hydrogens is 405 g/mol. The molecule has 0 aliphatic carbocycles. The first-order valence-electron chi connectivity index (χ1n) is 8.65. The number of carbonyl (C=O) groups is 1. The SMILES string of the molecule is O=C(Nc1ccc(-n2c(C(F)(F)F)nc3ccccc32)cc1)c1cc(F)ccc1F. The van der Waals surface area contributed by atoms with Crippen LogP contribution in [-0.2, 0) is 6.18 Å². The fourth-order valence-corrected chi connectivity index (χ4v) is 3.04. The Bertz CT molecular complexity index is 1250. The Morgan fingerprint density at radius 3 is 2.33 bits per heavy atom. The molecular formula is C21H12F5N3O. The van der Waals surface area contributed by atoms with Gasteiger partial charge in [0.15, 0.2) is 0 Å². The molecule has 0 saturated carbocycles. The molecule has 0 bridgehead atoms. The summed E-state index contributed by atoms with van der Waals surface area (Å²) in [5, 5.41) is 2.39. The predicted molar refractivity (Wildman–Crippen MR) is 100 cm³/mol. The van der Waals surface area contributed by atoms with Crippen LogP contribution in [0.15, 0.2) is 66.7 Å². The number of carbonyl (C=O) groups excluding carboxylic acids is 1. The zero-order valence-corrected chi connectivity index (χ0v) is 15.0. The van der Waals surface area contributed by atoms with Crippen molar-refractivity contribution in [3.63, 3.8) is 0 Å². The summed E-state index contributed by atoms with van der Waals surface area (Å²) < 4.78 is 68.4. The smallest absolute Gasteiger partial charge is 0.322 e. The molecule has 0 aliphatic heterocycles. The molecule has 4 aromatic rings. The second-order valence-corrected chi connectivity index (χ2v) is 6.38. The van der Waals surface area contributed by atoms with Crippen molar-refractivity contribution in [3.8, 4) is 5.69 Å². The molecule has 30 heavy (non-hydrogen) atoms. The number of halogens is 5. The molecule has 1 heterocycles. The minimum absolute atomic E-state index is 0.172. The molecule has 0 fully saturated rings. The maximum atomic E-state index is 13.7. The number of imidazole rings is 1. The highest BCUT2D eigenvalue weighted by molar-refractivity contribution is 6.04. The maximum absolute atomic E-state index is 13.7. The first kappa shape index (κ1) is 19.6. The fraction of sp³-hybridized carbons (Fsp3) is 0.0476. The van der Waals surface area contributed by atoms with E-state index in [4.69, 9.17) is 0 Å². The van der Waals surface area contributed by atoms with E-state index in [1.165, 1.54) is 36.4 Å². The summed E-state index contributed by atoms with van der Waals surface area (Å²) in [6.07, 6.45) is -4.68. The van der Waals surface area contributed by atoms with Crippen LogP contribution >= 0.6 is 0 Å². The Balaban J connectivity index is 1.68. The van der Waals surface area contributed by atoms with E-state index in [0.29, 0.717) is 0 Å². The largest absolute Gasteiger partial charge is 0.450 e. The second-order valence-electron chi connectivity index (χ2n) is 6.38. The van der Waals surface area contributed by atoms with E-state index in [0.717, 1.165) is 22.8 Å². The average molecular weight is 417 g/mol. The van der Waals surface area contributed by atoms with E-state index >= 15 is 0 Å². The molecule has 4 nitrogen and oxygen atoms in total. The van der Waals surface area contributed by atoms with E-state index in [9.17, 15) is 26.7 Å². The number of nitrogens with zero attached hydrogens (tertiary/aromatic N) is 2. The van der Waals surface area contributed by atoms with Gasteiger partial charge in [-0.25, -0.2) is 13.8 Å². The third-order valence-electron chi connectivity index (χ3n) is 4.37. The van der Waals surface area contributed by atoms with E-state index in [1.54, 1.807) is 12.1 Å². The number of alkyl halides is 3. The highest BCUT2D eigenvalue weighted by Gasteiger charge is 2.38. The first-order valence-corrected chi connectivity index (χ1v) is 8.65. The summed E-state index contributed by atoms with van der Waals surface area (Å²) in [7, 11) is 0. The molecule has 1 amide bonds. The van der Waals surface area contributed by atoms with Crippen LogP contribution in [-0.4, -0.2) is 15.5 Å². The second kappa shape index (κ2) is 7.25. The van der Waals surface area contributed by atoms with Crippen molar-refractivity contribution in [1.29, 1.82) is 0 Å². The van der Waals surface area contributed by atoms with E-state index in [2.05, 4.69) is 10.3 Å². The molecule has 0 spiro atoms. The number of fused-ring (bicyclic) bond motifs is 1. The highest BCUT2D eigenvalue weighted by Crippen LogP contribution is 2.34. The van der Waals surface area contributed by atoms with E-state index in [1.807, 2.05) is 0 Å². The lowest BCUT2D eigenvalue weighted by molar-refractivity contribution is -0.145. The summed E-state index contributed by atoms with van der Waals surface area (Å²) in [5.41, 5.74) is 0.336. The number of hydrogen-bond donors (Lipinski definition) is 1. The number of rotatable bonds is 3. The summed E-state index contributed by atoms with van der Waals surface area (Å²) in [6, 6.07) is 14.1. The van der Waals surface area contributed by atoms with Crippen molar-refractivity contribution < 1.29 is 26.7 Å².